The Morgan fingerprint density at radius 3 is 2.56 bits per heavy atom. The Labute approximate surface area is 113 Å². The molecule has 0 unspecified atom stereocenters. The van der Waals surface area contributed by atoms with Crippen molar-refractivity contribution in [2.24, 2.45) is 0 Å². The van der Waals surface area contributed by atoms with Crippen LogP contribution in [0, 0.1) is 0 Å². The fraction of sp³-hybridized carbons (Fsp3) is 0.750. The van der Waals surface area contributed by atoms with E-state index in [9.17, 15) is 0 Å². The Kier molecular flexibility index (Phi) is 8.66. The second-order valence-electron chi connectivity index (χ2n) is 5.20. The van der Waals surface area contributed by atoms with Crippen LogP contribution in [0.25, 0.3) is 0 Å². The first-order valence-corrected chi connectivity index (χ1v) is 7.72. The van der Waals surface area contributed by atoms with Gasteiger partial charge in [-0.2, -0.15) is 0 Å². The fourth-order valence-corrected chi connectivity index (χ4v) is 2.22. The normalized spacial score (nSPS) is 11.0. The van der Waals surface area contributed by atoms with E-state index in [1.54, 1.807) is 0 Å². The molecule has 0 radical (unpaired) electrons. The molecule has 104 valence electrons. The number of hydrogen-bond acceptors (Lipinski definition) is 1. The average molecular weight is 250 g/mol. The topological polar surface area (TPSA) is 17.0 Å². The van der Waals surface area contributed by atoms with Crippen molar-refractivity contribution >= 4 is 0 Å². The molecule has 0 amide bonds. The second kappa shape index (κ2) is 10.2. The van der Waals surface area contributed by atoms with Crippen molar-refractivity contribution in [1.82, 2.24) is 9.88 Å². The quantitative estimate of drug-likeness (QED) is 0.578. The van der Waals surface area contributed by atoms with E-state index in [1.165, 1.54) is 57.1 Å². The number of nitrogens with zero attached hydrogens (tertiary/aromatic N) is 1. The lowest BCUT2D eigenvalue weighted by Crippen LogP contribution is -2.13. The van der Waals surface area contributed by atoms with Crippen molar-refractivity contribution in [2.45, 2.75) is 71.9 Å². The number of aromatic nitrogens is 1. The molecule has 0 saturated carbocycles. The Hall–Kier alpha value is -0.760. The van der Waals surface area contributed by atoms with Crippen molar-refractivity contribution in [3.05, 3.63) is 24.0 Å². The van der Waals surface area contributed by atoms with E-state index < -0.39 is 0 Å². The van der Waals surface area contributed by atoms with Gasteiger partial charge in [0, 0.05) is 25.5 Å². The molecule has 2 heteroatoms. The monoisotopic (exact) mass is 250 g/mol. The van der Waals surface area contributed by atoms with Crippen LogP contribution in [0.4, 0.5) is 0 Å². The Morgan fingerprint density at radius 2 is 1.78 bits per heavy atom. The lowest BCUT2D eigenvalue weighted by molar-refractivity contribution is 0.558. The minimum atomic E-state index is 1.01. The molecule has 1 aromatic rings. The summed E-state index contributed by atoms with van der Waals surface area (Å²) >= 11 is 0. The summed E-state index contributed by atoms with van der Waals surface area (Å²) < 4.78 is 2.34. The molecule has 18 heavy (non-hydrogen) atoms. The first kappa shape index (κ1) is 15.3. The SMILES string of the molecule is CCCCCCCCn1ccc(CNCCC)c1. The van der Waals surface area contributed by atoms with Crippen LogP contribution in [0.1, 0.15) is 64.4 Å². The predicted molar refractivity (Wildman–Crippen MR) is 79.8 cm³/mol. The van der Waals surface area contributed by atoms with Gasteiger partial charge in [0.1, 0.15) is 0 Å². The summed E-state index contributed by atoms with van der Waals surface area (Å²) in [7, 11) is 0. The van der Waals surface area contributed by atoms with Crippen LogP contribution in [0.3, 0.4) is 0 Å². The van der Waals surface area contributed by atoms with Crippen LogP contribution < -0.4 is 5.32 Å². The minimum absolute atomic E-state index is 1.01. The maximum Gasteiger partial charge on any atom is 0.0220 e. The van der Waals surface area contributed by atoms with Crippen molar-refractivity contribution in [1.29, 1.82) is 0 Å². The summed E-state index contributed by atoms with van der Waals surface area (Å²) in [4.78, 5) is 0. The van der Waals surface area contributed by atoms with Gasteiger partial charge in [0.15, 0.2) is 0 Å². The van der Waals surface area contributed by atoms with Crippen molar-refractivity contribution in [2.75, 3.05) is 6.54 Å². The number of aryl methyl sites for hydroxylation is 1. The third-order valence-electron chi connectivity index (χ3n) is 3.34. The van der Waals surface area contributed by atoms with E-state index in [4.69, 9.17) is 0 Å². The zero-order chi connectivity index (χ0) is 13.1. The van der Waals surface area contributed by atoms with Crippen LogP contribution in [-0.4, -0.2) is 11.1 Å². The standard InChI is InChI=1S/C16H30N2/c1-3-5-6-7-8-9-12-18-13-10-16(15-18)14-17-11-4-2/h10,13,15,17H,3-9,11-12,14H2,1-2H3. The van der Waals surface area contributed by atoms with Crippen LogP contribution in [0.5, 0.6) is 0 Å². The Balaban J connectivity index is 2.07. The van der Waals surface area contributed by atoms with Crippen molar-refractivity contribution in [3.8, 4) is 0 Å². The van der Waals surface area contributed by atoms with Gasteiger partial charge in [-0.1, -0.05) is 46.0 Å². The summed E-state index contributed by atoms with van der Waals surface area (Å²) in [6.45, 7) is 7.78. The van der Waals surface area contributed by atoms with E-state index in [2.05, 4.69) is 42.2 Å². The molecule has 0 bridgehead atoms. The highest BCUT2D eigenvalue weighted by Crippen LogP contribution is 2.08. The predicted octanol–water partition coefficient (Wildman–Crippen LogP) is 4.35. The molecule has 0 atom stereocenters. The van der Waals surface area contributed by atoms with Gasteiger partial charge in [0.25, 0.3) is 0 Å². The number of hydrogen-bond donors (Lipinski definition) is 1. The molecule has 0 aliphatic carbocycles. The third kappa shape index (κ3) is 6.85. The van der Waals surface area contributed by atoms with Gasteiger partial charge in [0.05, 0.1) is 0 Å². The van der Waals surface area contributed by atoms with Crippen LogP contribution >= 0.6 is 0 Å². The van der Waals surface area contributed by atoms with Gasteiger partial charge < -0.3 is 9.88 Å². The molecule has 0 aliphatic rings. The third-order valence-corrected chi connectivity index (χ3v) is 3.34. The molecular weight excluding hydrogens is 220 g/mol. The molecule has 1 N–H and O–H groups in total. The molecule has 1 rings (SSSR count). The Bertz CT molecular complexity index is 291. The highest BCUT2D eigenvalue weighted by atomic mass is 14.9. The smallest absolute Gasteiger partial charge is 0.0220 e. The molecule has 0 fully saturated rings. The molecule has 0 aliphatic heterocycles. The number of unbranched alkanes of at least 4 members (excludes halogenated alkanes) is 5. The molecule has 0 saturated heterocycles. The molecule has 2 nitrogen and oxygen atoms in total. The van der Waals surface area contributed by atoms with Gasteiger partial charge in [-0.25, -0.2) is 0 Å². The second-order valence-corrected chi connectivity index (χ2v) is 5.20. The molecule has 1 heterocycles. The first-order valence-electron chi connectivity index (χ1n) is 7.72. The highest BCUT2D eigenvalue weighted by molar-refractivity contribution is 5.09. The zero-order valence-electron chi connectivity index (χ0n) is 12.3. The summed E-state index contributed by atoms with van der Waals surface area (Å²) in [6.07, 6.45) is 14.0. The van der Waals surface area contributed by atoms with E-state index in [-0.39, 0.29) is 0 Å². The maximum atomic E-state index is 3.44. The lowest BCUT2D eigenvalue weighted by atomic mass is 10.1. The van der Waals surface area contributed by atoms with E-state index in [1.807, 2.05) is 0 Å². The van der Waals surface area contributed by atoms with Crippen LogP contribution in [0.15, 0.2) is 18.5 Å². The van der Waals surface area contributed by atoms with Gasteiger partial charge >= 0.3 is 0 Å². The maximum absolute atomic E-state index is 3.44. The van der Waals surface area contributed by atoms with Gasteiger partial charge in [-0.05, 0) is 31.0 Å². The highest BCUT2D eigenvalue weighted by Gasteiger charge is 1.97. The number of rotatable bonds is 11. The summed E-state index contributed by atoms with van der Waals surface area (Å²) in [5, 5.41) is 3.44. The lowest BCUT2D eigenvalue weighted by Gasteiger charge is -2.03. The average Bonchev–Trinajstić information content (AvgIpc) is 2.82. The largest absolute Gasteiger partial charge is 0.354 e. The first-order chi connectivity index (χ1) is 8.86. The Morgan fingerprint density at radius 1 is 1.00 bits per heavy atom. The van der Waals surface area contributed by atoms with Crippen LogP contribution in [0.2, 0.25) is 0 Å². The number of nitrogens with one attached hydrogen (secondary N) is 1. The van der Waals surface area contributed by atoms with E-state index >= 15 is 0 Å². The molecule has 0 aromatic carbocycles. The van der Waals surface area contributed by atoms with Gasteiger partial charge in [-0.15, -0.1) is 0 Å². The van der Waals surface area contributed by atoms with Gasteiger partial charge in [0.2, 0.25) is 0 Å². The van der Waals surface area contributed by atoms with Crippen molar-refractivity contribution in [3.63, 3.8) is 0 Å². The summed E-state index contributed by atoms with van der Waals surface area (Å²) in [5.41, 5.74) is 1.41. The molecule has 1 aromatic heterocycles. The molecular formula is C16H30N2. The zero-order valence-corrected chi connectivity index (χ0v) is 12.3. The van der Waals surface area contributed by atoms with Crippen molar-refractivity contribution < 1.29 is 0 Å². The van der Waals surface area contributed by atoms with E-state index in [0.29, 0.717) is 0 Å². The van der Waals surface area contributed by atoms with E-state index in [0.717, 1.165) is 13.1 Å². The van der Waals surface area contributed by atoms with Gasteiger partial charge in [-0.3, -0.25) is 0 Å². The van der Waals surface area contributed by atoms with Crippen LogP contribution in [-0.2, 0) is 13.1 Å². The summed E-state index contributed by atoms with van der Waals surface area (Å²) in [6, 6.07) is 2.24. The molecule has 0 spiro atoms. The summed E-state index contributed by atoms with van der Waals surface area (Å²) in [5.74, 6) is 0. The minimum Gasteiger partial charge on any atom is -0.354 e. The fourth-order valence-electron chi connectivity index (χ4n) is 2.22.